The molecule has 1 aromatic rings. The van der Waals surface area contributed by atoms with E-state index in [1.54, 1.807) is 27.3 Å². The number of likely N-dealkylation sites (N-methyl/N-ethyl adjacent to an activating group) is 1. The van der Waals surface area contributed by atoms with Gasteiger partial charge < -0.3 is 25.0 Å². The fourth-order valence-corrected chi connectivity index (χ4v) is 1.76. The van der Waals surface area contributed by atoms with E-state index in [4.69, 9.17) is 9.47 Å². The maximum atomic E-state index is 13.5. The summed E-state index contributed by atoms with van der Waals surface area (Å²) < 4.78 is 23.5. The Morgan fingerprint density at radius 3 is 2.62 bits per heavy atom. The van der Waals surface area contributed by atoms with Crippen molar-refractivity contribution in [3.63, 3.8) is 0 Å². The van der Waals surface area contributed by atoms with E-state index in [0.29, 0.717) is 30.4 Å². The van der Waals surface area contributed by atoms with Crippen LogP contribution in [-0.2, 0) is 16.1 Å². The molecule has 24 heavy (non-hydrogen) atoms. The van der Waals surface area contributed by atoms with Gasteiger partial charge in [-0.3, -0.25) is 4.79 Å². The molecular weight excluding hydrogens is 315 g/mol. The van der Waals surface area contributed by atoms with Crippen LogP contribution in [0.2, 0.25) is 0 Å². The summed E-state index contributed by atoms with van der Waals surface area (Å²) in [6, 6.07) is 4.41. The second-order valence-corrected chi connectivity index (χ2v) is 5.23. The van der Waals surface area contributed by atoms with Crippen molar-refractivity contribution in [1.29, 1.82) is 0 Å². The molecule has 1 amide bonds. The van der Waals surface area contributed by atoms with Gasteiger partial charge in [0, 0.05) is 33.8 Å². The zero-order valence-electron chi connectivity index (χ0n) is 14.6. The minimum atomic E-state index is -0.385. The van der Waals surface area contributed by atoms with Crippen LogP contribution in [0.5, 0.6) is 5.75 Å². The lowest BCUT2D eigenvalue weighted by atomic mass is 10.2. The fraction of sp³-hybridized carbons (Fsp3) is 0.500. The Hall–Kier alpha value is -2.35. The van der Waals surface area contributed by atoms with Crippen molar-refractivity contribution < 1.29 is 18.7 Å². The van der Waals surface area contributed by atoms with Gasteiger partial charge in [0.05, 0.1) is 26.8 Å². The number of benzene rings is 1. The molecule has 0 fully saturated rings. The molecular formula is C16H25FN4O3. The number of guanidine groups is 1. The van der Waals surface area contributed by atoms with Gasteiger partial charge in [-0.1, -0.05) is 0 Å². The van der Waals surface area contributed by atoms with Gasteiger partial charge in [0.1, 0.15) is 11.6 Å². The second kappa shape index (κ2) is 10.4. The number of ether oxygens (including phenoxy) is 2. The smallest absolute Gasteiger partial charge is 0.241 e. The number of hydrogen-bond donors (Lipinski definition) is 2. The Labute approximate surface area is 141 Å². The van der Waals surface area contributed by atoms with Crippen LogP contribution in [0, 0.1) is 5.82 Å². The standard InChI is InChI=1S/C16H25FN4O3/c1-21(2)15(22)11-20-16(18-5-6-23-3)19-10-12-7-13(17)9-14(8-12)24-4/h7-9H,5-6,10-11H2,1-4H3,(H2,18,19,20). The summed E-state index contributed by atoms with van der Waals surface area (Å²) in [6.45, 7) is 1.38. The van der Waals surface area contributed by atoms with E-state index in [-0.39, 0.29) is 24.8 Å². The number of hydrogen-bond acceptors (Lipinski definition) is 4. The van der Waals surface area contributed by atoms with Crippen LogP contribution in [0.1, 0.15) is 5.56 Å². The van der Waals surface area contributed by atoms with Crippen molar-refractivity contribution in [3.8, 4) is 5.75 Å². The second-order valence-electron chi connectivity index (χ2n) is 5.23. The predicted molar refractivity (Wildman–Crippen MR) is 90.7 cm³/mol. The van der Waals surface area contributed by atoms with Crippen LogP contribution in [0.4, 0.5) is 4.39 Å². The average Bonchev–Trinajstić information content (AvgIpc) is 2.55. The van der Waals surface area contributed by atoms with E-state index in [2.05, 4.69) is 15.6 Å². The molecule has 0 unspecified atom stereocenters. The van der Waals surface area contributed by atoms with Crippen LogP contribution >= 0.6 is 0 Å². The number of carbonyl (C=O) groups excluding carboxylic acids is 1. The monoisotopic (exact) mass is 340 g/mol. The lowest BCUT2D eigenvalue weighted by Gasteiger charge is -2.15. The van der Waals surface area contributed by atoms with E-state index in [1.165, 1.54) is 24.1 Å². The van der Waals surface area contributed by atoms with Crippen molar-refractivity contribution in [2.24, 2.45) is 4.99 Å². The lowest BCUT2D eigenvalue weighted by Crippen LogP contribution is -2.43. The molecule has 0 aliphatic rings. The highest BCUT2D eigenvalue weighted by Crippen LogP contribution is 2.16. The van der Waals surface area contributed by atoms with E-state index in [9.17, 15) is 9.18 Å². The van der Waals surface area contributed by atoms with Gasteiger partial charge in [0.25, 0.3) is 0 Å². The lowest BCUT2D eigenvalue weighted by molar-refractivity contribution is -0.127. The molecule has 2 N–H and O–H groups in total. The predicted octanol–water partition coefficient (Wildman–Crippen LogP) is 0.604. The van der Waals surface area contributed by atoms with Crippen molar-refractivity contribution in [1.82, 2.24) is 15.5 Å². The summed E-state index contributed by atoms with van der Waals surface area (Å²) in [7, 11) is 6.44. The average molecular weight is 340 g/mol. The summed E-state index contributed by atoms with van der Waals surface area (Å²) in [4.78, 5) is 17.5. The summed E-state index contributed by atoms with van der Waals surface area (Å²) in [6.07, 6.45) is 0. The number of rotatable bonds is 8. The van der Waals surface area contributed by atoms with E-state index >= 15 is 0 Å². The maximum absolute atomic E-state index is 13.5. The van der Waals surface area contributed by atoms with Crippen molar-refractivity contribution in [2.75, 3.05) is 48.0 Å². The Kier molecular flexibility index (Phi) is 8.56. The normalized spacial score (nSPS) is 11.1. The summed E-state index contributed by atoms with van der Waals surface area (Å²) >= 11 is 0. The molecule has 0 radical (unpaired) electrons. The number of nitrogens with zero attached hydrogens (tertiary/aromatic N) is 2. The molecule has 0 saturated heterocycles. The van der Waals surface area contributed by atoms with Gasteiger partial charge in [-0.05, 0) is 17.7 Å². The quantitative estimate of drug-likeness (QED) is 0.412. The highest BCUT2D eigenvalue weighted by molar-refractivity contribution is 5.86. The summed E-state index contributed by atoms with van der Waals surface area (Å²) in [5.41, 5.74) is 0.665. The zero-order chi connectivity index (χ0) is 17.9. The number of methoxy groups -OCH3 is 2. The summed E-state index contributed by atoms with van der Waals surface area (Å²) in [5.74, 6) is 0.420. The minimum Gasteiger partial charge on any atom is -0.497 e. The third-order valence-corrected chi connectivity index (χ3v) is 3.09. The topological polar surface area (TPSA) is 75.2 Å². The largest absolute Gasteiger partial charge is 0.497 e. The number of halogens is 1. The molecule has 0 heterocycles. The van der Waals surface area contributed by atoms with Gasteiger partial charge in [-0.2, -0.15) is 0 Å². The summed E-state index contributed by atoms with van der Waals surface area (Å²) in [5, 5.41) is 5.99. The zero-order valence-corrected chi connectivity index (χ0v) is 14.6. The van der Waals surface area contributed by atoms with E-state index in [1.807, 2.05) is 0 Å². The third-order valence-electron chi connectivity index (χ3n) is 3.09. The molecule has 134 valence electrons. The first-order chi connectivity index (χ1) is 11.5. The Morgan fingerprint density at radius 1 is 1.25 bits per heavy atom. The van der Waals surface area contributed by atoms with Crippen LogP contribution < -0.4 is 15.4 Å². The molecule has 0 saturated carbocycles. The van der Waals surface area contributed by atoms with Gasteiger partial charge in [0.2, 0.25) is 5.91 Å². The number of nitrogens with one attached hydrogen (secondary N) is 2. The number of aliphatic imine (C=N–C) groups is 1. The Balaban J connectivity index is 2.75. The molecule has 0 atom stereocenters. The highest BCUT2D eigenvalue weighted by atomic mass is 19.1. The minimum absolute atomic E-state index is 0.0799. The molecule has 0 spiro atoms. The van der Waals surface area contributed by atoms with Crippen LogP contribution in [-0.4, -0.2) is 64.8 Å². The molecule has 1 rings (SSSR count). The van der Waals surface area contributed by atoms with Crippen LogP contribution in [0.3, 0.4) is 0 Å². The van der Waals surface area contributed by atoms with E-state index < -0.39 is 0 Å². The van der Waals surface area contributed by atoms with Crippen molar-refractivity contribution >= 4 is 11.9 Å². The van der Waals surface area contributed by atoms with Gasteiger partial charge in [-0.25, -0.2) is 9.38 Å². The number of carbonyl (C=O) groups is 1. The molecule has 1 aromatic carbocycles. The van der Waals surface area contributed by atoms with Crippen molar-refractivity contribution in [2.45, 2.75) is 6.54 Å². The van der Waals surface area contributed by atoms with Crippen LogP contribution in [0.25, 0.3) is 0 Å². The molecule has 7 nitrogen and oxygen atoms in total. The Morgan fingerprint density at radius 2 is 2.00 bits per heavy atom. The maximum Gasteiger partial charge on any atom is 0.241 e. The molecule has 0 aliphatic heterocycles. The molecule has 0 bridgehead atoms. The first-order valence-electron chi connectivity index (χ1n) is 7.51. The number of amides is 1. The van der Waals surface area contributed by atoms with E-state index in [0.717, 1.165) is 0 Å². The SMILES string of the molecule is COCCNC(=NCc1cc(F)cc(OC)c1)NCC(=O)N(C)C. The Bertz CT molecular complexity index is 564. The first-order valence-corrected chi connectivity index (χ1v) is 7.51. The van der Waals surface area contributed by atoms with Gasteiger partial charge in [-0.15, -0.1) is 0 Å². The molecule has 0 aliphatic carbocycles. The molecule has 0 aromatic heterocycles. The highest BCUT2D eigenvalue weighted by Gasteiger charge is 2.06. The van der Waals surface area contributed by atoms with Gasteiger partial charge >= 0.3 is 0 Å². The van der Waals surface area contributed by atoms with Crippen LogP contribution in [0.15, 0.2) is 23.2 Å². The van der Waals surface area contributed by atoms with Gasteiger partial charge in [0.15, 0.2) is 5.96 Å². The third kappa shape index (κ3) is 7.28. The molecule has 8 heteroatoms. The van der Waals surface area contributed by atoms with Crippen molar-refractivity contribution in [3.05, 3.63) is 29.6 Å². The fourth-order valence-electron chi connectivity index (χ4n) is 1.76. The first kappa shape index (κ1) is 19.7.